The summed E-state index contributed by atoms with van der Waals surface area (Å²) in [5, 5.41) is 8.36. The first-order valence-electron chi connectivity index (χ1n) is 7.80. The predicted octanol–water partition coefficient (Wildman–Crippen LogP) is 0.248. The Bertz CT molecular complexity index is 594. The Balaban J connectivity index is 2.13. The van der Waals surface area contributed by atoms with Gasteiger partial charge in [0.05, 0.1) is 6.26 Å². The Hall–Kier alpha value is -1.94. The molecule has 10 heteroatoms. The summed E-state index contributed by atoms with van der Waals surface area (Å²) >= 11 is 0. The van der Waals surface area contributed by atoms with Crippen LogP contribution in [0.25, 0.3) is 0 Å². The van der Waals surface area contributed by atoms with E-state index in [1.807, 2.05) is 13.8 Å². The number of nitrogens with one attached hydrogen (secondary N) is 3. The number of anilines is 1. The van der Waals surface area contributed by atoms with Gasteiger partial charge in [-0.1, -0.05) is 0 Å². The zero-order valence-electron chi connectivity index (χ0n) is 14.3. The second-order valence-corrected chi connectivity index (χ2v) is 7.44. The maximum Gasteiger partial charge on any atom is 0.314 e. The summed E-state index contributed by atoms with van der Waals surface area (Å²) in [4.78, 5) is 19.6. The van der Waals surface area contributed by atoms with E-state index < -0.39 is 10.0 Å². The van der Waals surface area contributed by atoms with Gasteiger partial charge in [0.15, 0.2) is 0 Å². The maximum absolute atomic E-state index is 11.6. The average molecular weight is 358 g/mol. The first-order chi connectivity index (χ1) is 11.3. The molecule has 0 bridgehead atoms. The van der Waals surface area contributed by atoms with E-state index in [4.69, 9.17) is 0 Å². The molecule has 0 aliphatic rings. The lowest BCUT2D eigenvalue weighted by atomic mass is 10.3. The Labute approximate surface area is 143 Å². The number of aromatic nitrogens is 2. The number of amides is 2. The van der Waals surface area contributed by atoms with Crippen molar-refractivity contribution in [1.29, 1.82) is 0 Å². The molecule has 1 aromatic rings. The maximum atomic E-state index is 11.6. The van der Waals surface area contributed by atoms with Gasteiger partial charge in [0.2, 0.25) is 16.0 Å². The van der Waals surface area contributed by atoms with Crippen LogP contribution in [0.5, 0.6) is 0 Å². The molecule has 0 saturated heterocycles. The van der Waals surface area contributed by atoms with Crippen molar-refractivity contribution in [2.75, 3.05) is 37.8 Å². The van der Waals surface area contributed by atoms with Crippen LogP contribution in [-0.4, -0.2) is 67.2 Å². The van der Waals surface area contributed by atoms with Crippen molar-refractivity contribution in [2.45, 2.75) is 26.3 Å². The van der Waals surface area contributed by atoms with Crippen molar-refractivity contribution in [3.8, 4) is 0 Å². The summed E-state index contributed by atoms with van der Waals surface area (Å²) in [6.07, 6.45) is 5.00. The van der Waals surface area contributed by atoms with Crippen molar-refractivity contribution in [3.05, 3.63) is 18.5 Å². The Morgan fingerprint density at radius 3 is 2.38 bits per heavy atom. The van der Waals surface area contributed by atoms with Gasteiger partial charge in [0.1, 0.15) is 0 Å². The number of carbonyl (C=O) groups excluding carboxylic acids is 1. The monoisotopic (exact) mass is 358 g/mol. The molecule has 0 spiro atoms. The van der Waals surface area contributed by atoms with Crippen molar-refractivity contribution in [1.82, 2.24) is 24.9 Å². The molecule has 0 aliphatic heterocycles. The lowest BCUT2D eigenvalue weighted by Gasteiger charge is -2.23. The standard InChI is InChI=1S/C14H26N6O3S/c1-12(2)20(24(3,22)23)11-5-8-18-14(21)19-10-9-17-13-15-6-4-7-16-13/h4,6-7,12H,5,8-11H2,1-3H3,(H,15,16,17)(H2,18,19,21). The van der Waals surface area contributed by atoms with Gasteiger partial charge in [-0.05, 0) is 26.3 Å². The molecule has 3 N–H and O–H groups in total. The van der Waals surface area contributed by atoms with Crippen LogP contribution < -0.4 is 16.0 Å². The minimum atomic E-state index is -3.22. The second-order valence-electron chi connectivity index (χ2n) is 5.50. The van der Waals surface area contributed by atoms with Gasteiger partial charge in [-0.15, -0.1) is 0 Å². The number of hydrogen-bond donors (Lipinski definition) is 3. The Kier molecular flexibility index (Phi) is 8.41. The zero-order chi connectivity index (χ0) is 18.0. The van der Waals surface area contributed by atoms with Crippen LogP contribution in [0.4, 0.5) is 10.7 Å². The predicted molar refractivity (Wildman–Crippen MR) is 93.2 cm³/mol. The highest BCUT2D eigenvalue weighted by Crippen LogP contribution is 2.05. The normalized spacial score (nSPS) is 11.5. The van der Waals surface area contributed by atoms with Crippen molar-refractivity contribution < 1.29 is 13.2 Å². The van der Waals surface area contributed by atoms with E-state index in [2.05, 4.69) is 25.9 Å². The number of rotatable bonds is 10. The van der Waals surface area contributed by atoms with Crippen LogP contribution in [0.3, 0.4) is 0 Å². The largest absolute Gasteiger partial charge is 0.352 e. The van der Waals surface area contributed by atoms with E-state index in [9.17, 15) is 13.2 Å². The third kappa shape index (κ3) is 8.06. The second kappa shape index (κ2) is 10.0. The molecule has 0 saturated carbocycles. The van der Waals surface area contributed by atoms with Gasteiger partial charge in [-0.25, -0.2) is 23.2 Å². The van der Waals surface area contributed by atoms with Crippen molar-refractivity contribution >= 4 is 22.0 Å². The molecule has 0 radical (unpaired) electrons. The Morgan fingerprint density at radius 1 is 1.17 bits per heavy atom. The van der Waals surface area contributed by atoms with Crippen LogP contribution >= 0.6 is 0 Å². The molecule has 0 fully saturated rings. The summed E-state index contributed by atoms with van der Waals surface area (Å²) in [6.45, 7) is 5.36. The van der Waals surface area contributed by atoms with E-state index >= 15 is 0 Å². The van der Waals surface area contributed by atoms with Gasteiger partial charge < -0.3 is 16.0 Å². The zero-order valence-corrected chi connectivity index (χ0v) is 15.1. The highest BCUT2D eigenvalue weighted by Gasteiger charge is 2.19. The van der Waals surface area contributed by atoms with Gasteiger partial charge in [-0.2, -0.15) is 4.31 Å². The van der Waals surface area contributed by atoms with Gasteiger partial charge in [0, 0.05) is 44.6 Å². The van der Waals surface area contributed by atoms with Crippen molar-refractivity contribution in [2.24, 2.45) is 0 Å². The van der Waals surface area contributed by atoms with E-state index in [1.165, 1.54) is 10.6 Å². The number of hydrogen-bond acceptors (Lipinski definition) is 6. The molecule has 136 valence electrons. The topological polar surface area (TPSA) is 116 Å². The van der Waals surface area contributed by atoms with Crippen LogP contribution in [0, 0.1) is 0 Å². The lowest BCUT2D eigenvalue weighted by molar-refractivity contribution is 0.240. The molecule has 0 unspecified atom stereocenters. The third-order valence-electron chi connectivity index (χ3n) is 3.10. The Morgan fingerprint density at radius 2 is 1.79 bits per heavy atom. The highest BCUT2D eigenvalue weighted by molar-refractivity contribution is 7.88. The van der Waals surface area contributed by atoms with E-state index in [-0.39, 0.29) is 12.1 Å². The van der Waals surface area contributed by atoms with Gasteiger partial charge in [0.25, 0.3) is 0 Å². The third-order valence-corrected chi connectivity index (χ3v) is 4.56. The fourth-order valence-electron chi connectivity index (χ4n) is 2.05. The van der Waals surface area contributed by atoms with Gasteiger partial charge in [-0.3, -0.25) is 0 Å². The van der Waals surface area contributed by atoms with E-state index in [0.717, 1.165) is 0 Å². The minimum Gasteiger partial charge on any atom is -0.352 e. The van der Waals surface area contributed by atoms with E-state index in [0.29, 0.717) is 38.5 Å². The number of sulfonamides is 1. The minimum absolute atomic E-state index is 0.0971. The molecule has 1 rings (SSSR count). The van der Waals surface area contributed by atoms with E-state index in [1.54, 1.807) is 18.5 Å². The first kappa shape index (κ1) is 20.1. The molecule has 2 amide bonds. The van der Waals surface area contributed by atoms with Crippen molar-refractivity contribution in [3.63, 3.8) is 0 Å². The molecule has 9 nitrogen and oxygen atoms in total. The average Bonchev–Trinajstić information content (AvgIpc) is 2.50. The smallest absolute Gasteiger partial charge is 0.314 e. The summed E-state index contributed by atoms with van der Waals surface area (Å²) in [5.41, 5.74) is 0. The van der Waals surface area contributed by atoms with Crippen LogP contribution in [0.1, 0.15) is 20.3 Å². The fraction of sp³-hybridized carbons (Fsp3) is 0.643. The summed E-state index contributed by atoms with van der Waals surface area (Å²) < 4.78 is 24.6. The van der Waals surface area contributed by atoms with Crippen LogP contribution in [0.2, 0.25) is 0 Å². The molecular weight excluding hydrogens is 332 g/mol. The fourth-order valence-corrected chi connectivity index (χ4v) is 3.27. The molecule has 0 atom stereocenters. The quantitative estimate of drug-likeness (QED) is 0.516. The van der Waals surface area contributed by atoms with Crippen LogP contribution in [-0.2, 0) is 10.0 Å². The molecule has 0 aliphatic carbocycles. The number of carbonyl (C=O) groups is 1. The summed E-state index contributed by atoms with van der Waals surface area (Å²) in [5.74, 6) is 0.509. The van der Waals surface area contributed by atoms with Gasteiger partial charge >= 0.3 is 6.03 Å². The molecule has 0 aromatic carbocycles. The molecule has 1 aromatic heterocycles. The SMILES string of the molecule is CC(C)N(CCCNC(=O)NCCNc1ncccn1)S(C)(=O)=O. The first-order valence-corrected chi connectivity index (χ1v) is 9.65. The lowest BCUT2D eigenvalue weighted by Crippen LogP contribution is -2.41. The number of urea groups is 1. The summed E-state index contributed by atoms with van der Waals surface area (Å²) in [6, 6.07) is 1.34. The molecule has 24 heavy (non-hydrogen) atoms. The molecule has 1 heterocycles. The highest BCUT2D eigenvalue weighted by atomic mass is 32.2. The van der Waals surface area contributed by atoms with Crippen LogP contribution in [0.15, 0.2) is 18.5 Å². The summed E-state index contributed by atoms with van der Waals surface area (Å²) in [7, 11) is -3.22. The molecular formula is C14H26N6O3S. The number of nitrogens with zero attached hydrogens (tertiary/aromatic N) is 3.